The van der Waals surface area contributed by atoms with Crippen molar-refractivity contribution in [3.63, 3.8) is 0 Å². The van der Waals surface area contributed by atoms with Crippen LogP contribution in [0.4, 0.5) is 0 Å². The Bertz CT molecular complexity index is 258. The normalized spacial score (nSPS) is 11.2. The molecule has 0 spiro atoms. The summed E-state index contributed by atoms with van der Waals surface area (Å²) in [6.45, 7) is 2.23. The van der Waals surface area contributed by atoms with E-state index < -0.39 is 10.1 Å². The molecule has 0 N–H and O–H groups in total. The third-order valence-electron chi connectivity index (χ3n) is 2.89. The van der Waals surface area contributed by atoms with Gasteiger partial charge in [0.1, 0.15) is 0 Å². The molecular formula is C12H28NaO3PS. The summed E-state index contributed by atoms with van der Waals surface area (Å²) in [5.74, 6) is 0.146. The summed E-state index contributed by atoms with van der Waals surface area (Å²) in [7, 11) is -1.47. The zero-order chi connectivity index (χ0) is 13.0. The van der Waals surface area contributed by atoms with Gasteiger partial charge in [0, 0.05) is 9.47 Å². The first-order valence-corrected chi connectivity index (χ1v) is 8.78. The Morgan fingerprint density at radius 1 is 0.833 bits per heavy atom. The van der Waals surface area contributed by atoms with Gasteiger partial charge in [0.25, 0.3) is 10.1 Å². The summed E-state index contributed by atoms with van der Waals surface area (Å²) in [6.07, 6.45) is 12.1. The van der Waals surface area contributed by atoms with Crippen LogP contribution in [0.5, 0.6) is 0 Å². The van der Waals surface area contributed by atoms with Crippen LogP contribution in [-0.2, 0) is 14.1 Å². The first-order chi connectivity index (χ1) is 8.12. The van der Waals surface area contributed by atoms with Crippen LogP contribution < -0.4 is 0 Å². The second kappa shape index (κ2) is 14.7. The Hall–Kier alpha value is 1.34. The molecule has 0 heterocycles. The van der Waals surface area contributed by atoms with Crippen LogP contribution in [0, 0.1) is 0 Å². The molecule has 0 radical (unpaired) electrons. The Morgan fingerprint density at radius 3 is 1.61 bits per heavy atom. The molecule has 0 aromatic rings. The van der Waals surface area contributed by atoms with Gasteiger partial charge in [-0.15, -0.1) is 0 Å². The fourth-order valence-corrected chi connectivity index (χ4v) is 2.76. The Morgan fingerprint density at radius 2 is 1.22 bits per heavy atom. The molecule has 0 aliphatic heterocycles. The number of hydrogen-bond acceptors (Lipinski definition) is 3. The molecule has 0 amide bonds. The van der Waals surface area contributed by atoms with Crippen LogP contribution >= 0.6 is 9.47 Å². The van der Waals surface area contributed by atoms with Gasteiger partial charge in [0.05, 0.1) is 5.75 Å². The summed E-state index contributed by atoms with van der Waals surface area (Å²) in [4.78, 5) is 0. The molecular weight excluding hydrogens is 278 g/mol. The van der Waals surface area contributed by atoms with Crippen molar-refractivity contribution in [1.82, 2.24) is 0 Å². The topological polar surface area (TPSA) is 43.4 Å². The Labute approximate surface area is 138 Å². The van der Waals surface area contributed by atoms with Gasteiger partial charge < -0.3 is 0 Å². The predicted molar refractivity (Wildman–Crippen MR) is 83.6 cm³/mol. The molecule has 0 aliphatic carbocycles. The van der Waals surface area contributed by atoms with Gasteiger partial charge in [-0.2, -0.15) is 8.42 Å². The third-order valence-corrected chi connectivity index (χ3v) is 4.86. The van der Waals surface area contributed by atoms with Crippen LogP contribution in [0.1, 0.15) is 71.1 Å². The molecule has 0 saturated carbocycles. The van der Waals surface area contributed by atoms with E-state index in [1.54, 1.807) is 9.47 Å². The maximum atomic E-state index is 11.0. The van der Waals surface area contributed by atoms with Gasteiger partial charge in [-0.3, -0.25) is 3.97 Å². The second-order valence-electron chi connectivity index (χ2n) is 4.54. The molecule has 106 valence electrons. The fourth-order valence-electron chi connectivity index (χ4n) is 1.81. The SMILES string of the molecule is CCCCCCCCCCCCS(=O)(=O)OP.[NaH]. The average Bonchev–Trinajstić information content (AvgIpc) is 2.31. The number of unbranched alkanes of at least 4 members (excludes halogenated alkanes) is 9. The van der Waals surface area contributed by atoms with Gasteiger partial charge in [-0.05, 0) is 6.42 Å². The molecule has 0 rings (SSSR count). The molecule has 0 bridgehead atoms. The van der Waals surface area contributed by atoms with Crippen LogP contribution in [0.15, 0.2) is 0 Å². The van der Waals surface area contributed by atoms with Gasteiger partial charge in [-0.25, -0.2) is 0 Å². The van der Waals surface area contributed by atoms with Crippen molar-refractivity contribution < 1.29 is 12.4 Å². The molecule has 0 fully saturated rings. The zero-order valence-corrected chi connectivity index (χ0v) is 13.0. The van der Waals surface area contributed by atoms with Crippen molar-refractivity contribution in [3.05, 3.63) is 0 Å². The summed E-state index contributed by atoms with van der Waals surface area (Å²) < 4.78 is 26.3. The third kappa shape index (κ3) is 15.4. The van der Waals surface area contributed by atoms with Gasteiger partial charge >= 0.3 is 29.6 Å². The quantitative estimate of drug-likeness (QED) is 0.315. The van der Waals surface area contributed by atoms with E-state index in [0.29, 0.717) is 6.42 Å². The standard InChI is InChI=1S/C12H27O3PS.Na.H/c1-2-3-4-5-6-7-8-9-10-11-12-17(13,14)15-16;;/h2-12,16H2,1H3;;. The first kappa shape index (κ1) is 21.6. The minimum atomic E-state index is -3.26. The fraction of sp³-hybridized carbons (Fsp3) is 1.00. The van der Waals surface area contributed by atoms with E-state index >= 15 is 0 Å². The maximum absolute atomic E-state index is 11.0. The number of rotatable bonds is 12. The van der Waals surface area contributed by atoms with Crippen LogP contribution in [-0.4, -0.2) is 43.7 Å². The van der Waals surface area contributed by atoms with Crippen LogP contribution in [0.2, 0.25) is 0 Å². The van der Waals surface area contributed by atoms with E-state index in [9.17, 15) is 8.42 Å². The first-order valence-electron chi connectivity index (χ1n) is 6.73. The molecule has 6 heteroatoms. The summed E-state index contributed by atoms with van der Waals surface area (Å²) in [6, 6.07) is 0. The molecule has 3 nitrogen and oxygen atoms in total. The summed E-state index contributed by atoms with van der Waals surface area (Å²) in [5, 5.41) is 0. The van der Waals surface area contributed by atoms with Crippen molar-refractivity contribution in [3.8, 4) is 0 Å². The summed E-state index contributed by atoms with van der Waals surface area (Å²) in [5.41, 5.74) is 0. The van der Waals surface area contributed by atoms with E-state index in [-0.39, 0.29) is 35.3 Å². The predicted octanol–water partition coefficient (Wildman–Crippen LogP) is 3.40. The molecule has 0 aromatic carbocycles. The monoisotopic (exact) mass is 306 g/mol. The van der Waals surface area contributed by atoms with E-state index in [1.165, 1.54) is 44.9 Å². The molecule has 0 aromatic heterocycles. The van der Waals surface area contributed by atoms with Crippen molar-refractivity contribution in [1.29, 1.82) is 0 Å². The molecule has 18 heavy (non-hydrogen) atoms. The van der Waals surface area contributed by atoms with Crippen molar-refractivity contribution in [2.24, 2.45) is 0 Å². The molecule has 1 atom stereocenters. The van der Waals surface area contributed by atoms with Gasteiger partial charge in [0.15, 0.2) is 0 Å². The van der Waals surface area contributed by atoms with Gasteiger partial charge in [0.2, 0.25) is 0 Å². The molecule has 0 saturated heterocycles. The van der Waals surface area contributed by atoms with E-state index in [4.69, 9.17) is 0 Å². The second-order valence-corrected chi connectivity index (χ2v) is 6.83. The van der Waals surface area contributed by atoms with Crippen LogP contribution in [0.25, 0.3) is 0 Å². The van der Waals surface area contributed by atoms with E-state index in [1.807, 2.05) is 0 Å². The minimum absolute atomic E-state index is 0. The van der Waals surface area contributed by atoms with E-state index in [2.05, 4.69) is 10.9 Å². The van der Waals surface area contributed by atoms with E-state index in [0.717, 1.165) is 12.8 Å². The average molecular weight is 306 g/mol. The zero-order valence-electron chi connectivity index (χ0n) is 11.0. The van der Waals surface area contributed by atoms with Gasteiger partial charge in [-0.1, -0.05) is 64.7 Å². The van der Waals surface area contributed by atoms with Crippen molar-refractivity contribution >= 4 is 49.1 Å². The Balaban J connectivity index is 0. The molecule has 1 unspecified atom stereocenters. The van der Waals surface area contributed by atoms with Crippen LogP contribution in [0.3, 0.4) is 0 Å². The molecule has 0 aliphatic rings. The Kier molecular flexibility index (Phi) is 17.7. The summed E-state index contributed by atoms with van der Waals surface area (Å²) >= 11 is 0. The number of hydrogen-bond donors (Lipinski definition) is 0. The van der Waals surface area contributed by atoms with Crippen molar-refractivity contribution in [2.45, 2.75) is 71.1 Å². The van der Waals surface area contributed by atoms with Crippen molar-refractivity contribution in [2.75, 3.05) is 5.75 Å².